The number of aliphatic imine (C=N–C) groups is 1. The van der Waals surface area contributed by atoms with Crippen molar-refractivity contribution in [3.05, 3.63) is 65.9 Å². The molecule has 0 saturated carbocycles. The van der Waals surface area contributed by atoms with E-state index in [4.69, 9.17) is 4.74 Å². The zero-order valence-electron chi connectivity index (χ0n) is 16.4. The Morgan fingerprint density at radius 3 is 2.66 bits per heavy atom. The van der Waals surface area contributed by atoms with E-state index >= 15 is 0 Å². The summed E-state index contributed by atoms with van der Waals surface area (Å²) in [5, 5.41) is 6.78. The summed E-state index contributed by atoms with van der Waals surface area (Å²) in [5.74, 6) is -0.225. The zero-order chi connectivity index (χ0) is 20.6. The monoisotopic (exact) mass is 409 g/mol. The van der Waals surface area contributed by atoms with Crippen molar-refractivity contribution in [3.8, 4) is 0 Å². The zero-order valence-corrected chi connectivity index (χ0v) is 17.2. The third-order valence-electron chi connectivity index (χ3n) is 4.05. The molecule has 7 heteroatoms. The Kier molecular flexibility index (Phi) is 7.08. The van der Waals surface area contributed by atoms with Crippen LogP contribution >= 0.6 is 11.8 Å². The predicted molar refractivity (Wildman–Crippen MR) is 119 cm³/mol. The van der Waals surface area contributed by atoms with Crippen molar-refractivity contribution in [1.29, 1.82) is 0 Å². The SMILES string of the molecule is CCOC(=O)CC1=CC(SCC(=O)Nc2ccc(C)cc2)=Nc2ccccc2N1. The van der Waals surface area contributed by atoms with Crippen molar-refractivity contribution >= 4 is 45.7 Å². The highest BCUT2D eigenvalue weighted by Gasteiger charge is 2.15. The number of nitrogens with one attached hydrogen (secondary N) is 2. The van der Waals surface area contributed by atoms with Gasteiger partial charge >= 0.3 is 5.97 Å². The number of carbonyl (C=O) groups is 2. The van der Waals surface area contributed by atoms with Crippen LogP contribution in [0.3, 0.4) is 0 Å². The fourth-order valence-corrected chi connectivity index (χ4v) is 3.44. The van der Waals surface area contributed by atoms with E-state index in [0.29, 0.717) is 17.3 Å². The molecule has 0 atom stereocenters. The number of thioether (sulfide) groups is 1. The number of anilines is 2. The summed E-state index contributed by atoms with van der Waals surface area (Å²) in [6, 6.07) is 15.2. The van der Waals surface area contributed by atoms with Gasteiger partial charge < -0.3 is 15.4 Å². The van der Waals surface area contributed by atoms with Crippen LogP contribution in [-0.4, -0.2) is 29.3 Å². The number of para-hydroxylation sites is 2. The van der Waals surface area contributed by atoms with Gasteiger partial charge in [0.1, 0.15) is 0 Å². The normalized spacial score (nSPS) is 12.6. The minimum atomic E-state index is -0.313. The van der Waals surface area contributed by atoms with Crippen LogP contribution in [0.25, 0.3) is 0 Å². The minimum Gasteiger partial charge on any atom is -0.466 e. The minimum absolute atomic E-state index is 0.108. The number of amides is 1. The average Bonchev–Trinajstić information content (AvgIpc) is 2.87. The lowest BCUT2D eigenvalue weighted by atomic mass is 10.2. The van der Waals surface area contributed by atoms with Crippen LogP contribution in [0.5, 0.6) is 0 Å². The lowest BCUT2D eigenvalue weighted by molar-refractivity contribution is -0.142. The fourth-order valence-electron chi connectivity index (χ4n) is 2.70. The Balaban J connectivity index is 1.70. The number of ether oxygens (including phenoxy) is 1. The second-order valence-corrected chi connectivity index (χ2v) is 7.44. The summed E-state index contributed by atoms with van der Waals surface area (Å²) in [5.41, 5.74) is 4.13. The highest BCUT2D eigenvalue weighted by Crippen LogP contribution is 2.31. The molecular weight excluding hydrogens is 386 g/mol. The van der Waals surface area contributed by atoms with E-state index in [9.17, 15) is 9.59 Å². The molecule has 150 valence electrons. The molecule has 0 saturated heterocycles. The highest BCUT2D eigenvalue weighted by molar-refractivity contribution is 8.14. The van der Waals surface area contributed by atoms with Crippen LogP contribution in [-0.2, 0) is 14.3 Å². The number of benzene rings is 2. The van der Waals surface area contributed by atoms with E-state index in [2.05, 4.69) is 15.6 Å². The molecule has 0 unspecified atom stereocenters. The summed E-state index contributed by atoms with van der Waals surface area (Å²) < 4.78 is 5.05. The van der Waals surface area contributed by atoms with Gasteiger partial charge in [0.15, 0.2) is 0 Å². The first kappa shape index (κ1) is 20.7. The first-order valence-corrected chi connectivity index (χ1v) is 10.3. The maximum Gasteiger partial charge on any atom is 0.311 e. The smallest absolute Gasteiger partial charge is 0.311 e. The Morgan fingerprint density at radius 2 is 1.90 bits per heavy atom. The van der Waals surface area contributed by atoms with E-state index in [1.807, 2.05) is 55.5 Å². The molecule has 2 N–H and O–H groups in total. The van der Waals surface area contributed by atoms with Gasteiger partial charge in [0.2, 0.25) is 5.91 Å². The molecule has 0 bridgehead atoms. The maximum absolute atomic E-state index is 12.3. The number of aryl methyl sites for hydroxylation is 1. The first-order valence-electron chi connectivity index (χ1n) is 9.33. The summed E-state index contributed by atoms with van der Waals surface area (Å²) in [6.07, 6.45) is 1.90. The van der Waals surface area contributed by atoms with E-state index in [-0.39, 0.29) is 24.1 Å². The van der Waals surface area contributed by atoms with Crippen LogP contribution in [0.1, 0.15) is 18.9 Å². The van der Waals surface area contributed by atoms with E-state index in [0.717, 1.165) is 22.6 Å². The van der Waals surface area contributed by atoms with Gasteiger partial charge in [0.25, 0.3) is 0 Å². The molecule has 0 fully saturated rings. The van der Waals surface area contributed by atoms with Crippen LogP contribution in [0.15, 0.2) is 65.3 Å². The Bertz CT molecular complexity index is 952. The molecule has 1 amide bonds. The molecule has 1 aliphatic rings. The van der Waals surface area contributed by atoms with Gasteiger partial charge in [0, 0.05) is 11.4 Å². The van der Waals surface area contributed by atoms with Gasteiger partial charge in [-0.05, 0) is 44.2 Å². The molecule has 0 aliphatic carbocycles. The number of hydrogen-bond acceptors (Lipinski definition) is 6. The second-order valence-electron chi connectivity index (χ2n) is 6.45. The average molecular weight is 410 g/mol. The summed E-state index contributed by atoms with van der Waals surface area (Å²) >= 11 is 1.32. The molecule has 0 radical (unpaired) electrons. The van der Waals surface area contributed by atoms with Crippen molar-refractivity contribution < 1.29 is 14.3 Å². The van der Waals surface area contributed by atoms with Gasteiger partial charge in [-0.15, -0.1) is 0 Å². The van der Waals surface area contributed by atoms with E-state index < -0.39 is 0 Å². The maximum atomic E-state index is 12.3. The van der Waals surface area contributed by atoms with Crippen LogP contribution < -0.4 is 10.6 Å². The quantitative estimate of drug-likeness (QED) is 0.679. The first-order chi connectivity index (χ1) is 14.0. The van der Waals surface area contributed by atoms with Crippen LogP contribution in [0.4, 0.5) is 17.1 Å². The number of nitrogens with zero attached hydrogens (tertiary/aromatic N) is 1. The standard InChI is InChI=1S/C22H23N3O3S/c1-3-28-22(27)13-17-12-21(25-19-7-5-4-6-18(19)23-17)29-14-20(26)24-16-10-8-15(2)9-11-16/h4-12,23H,3,13-14H2,1-2H3,(H,24,26). The van der Waals surface area contributed by atoms with Crippen molar-refractivity contribution in [2.75, 3.05) is 23.0 Å². The lowest BCUT2D eigenvalue weighted by Crippen LogP contribution is -2.15. The molecule has 2 aromatic carbocycles. The van der Waals surface area contributed by atoms with Gasteiger partial charge in [-0.3, -0.25) is 9.59 Å². The number of rotatable bonds is 6. The van der Waals surface area contributed by atoms with Gasteiger partial charge in [0.05, 0.1) is 35.2 Å². The highest BCUT2D eigenvalue weighted by atomic mass is 32.2. The molecule has 0 aromatic heterocycles. The molecule has 29 heavy (non-hydrogen) atoms. The number of carbonyl (C=O) groups excluding carboxylic acids is 2. The fraction of sp³-hybridized carbons (Fsp3) is 0.227. The second kappa shape index (κ2) is 9.93. The van der Waals surface area contributed by atoms with Gasteiger partial charge in [-0.2, -0.15) is 0 Å². The summed E-state index contributed by atoms with van der Waals surface area (Å²) in [4.78, 5) is 28.9. The van der Waals surface area contributed by atoms with Crippen molar-refractivity contribution in [2.24, 2.45) is 4.99 Å². The number of esters is 1. The molecule has 1 aliphatic heterocycles. The molecular formula is C22H23N3O3S. The molecule has 3 rings (SSSR count). The van der Waals surface area contributed by atoms with Gasteiger partial charge in [-0.25, -0.2) is 4.99 Å². The molecule has 0 spiro atoms. The molecule has 2 aromatic rings. The number of hydrogen-bond donors (Lipinski definition) is 2. The van der Waals surface area contributed by atoms with E-state index in [1.165, 1.54) is 11.8 Å². The largest absolute Gasteiger partial charge is 0.466 e. The molecule has 1 heterocycles. The third kappa shape index (κ3) is 6.22. The Labute approximate surface area is 174 Å². The van der Waals surface area contributed by atoms with Crippen molar-refractivity contribution in [1.82, 2.24) is 0 Å². The lowest BCUT2D eigenvalue weighted by Gasteiger charge is -2.10. The predicted octanol–water partition coefficient (Wildman–Crippen LogP) is 4.66. The van der Waals surface area contributed by atoms with Crippen molar-refractivity contribution in [3.63, 3.8) is 0 Å². The molecule has 6 nitrogen and oxygen atoms in total. The van der Waals surface area contributed by atoms with Gasteiger partial charge in [-0.1, -0.05) is 41.6 Å². The van der Waals surface area contributed by atoms with Crippen molar-refractivity contribution in [2.45, 2.75) is 20.3 Å². The third-order valence-corrected chi connectivity index (χ3v) is 4.97. The Morgan fingerprint density at radius 1 is 1.14 bits per heavy atom. The Hall–Kier alpha value is -3.06. The van der Waals surface area contributed by atoms with E-state index in [1.54, 1.807) is 13.0 Å². The van der Waals surface area contributed by atoms with Crippen LogP contribution in [0, 0.1) is 6.92 Å². The number of fused-ring (bicyclic) bond motifs is 1. The summed E-state index contributed by atoms with van der Waals surface area (Å²) in [7, 11) is 0. The summed E-state index contributed by atoms with van der Waals surface area (Å²) in [6.45, 7) is 4.10. The topological polar surface area (TPSA) is 79.8 Å². The van der Waals surface area contributed by atoms with Crippen LogP contribution in [0.2, 0.25) is 0 Å².